The molecule has 0 aliphatic heterocycles. The molecule has 224 valence electrons. The minimum atomic E-state index is 0.946. The quantitative estimate of drug-likeness (QED) is 0.181. The molecule has 0 saturated carbocycles. The summed E-state index contributed by atoms with van der Waals surface area (Å²) < 4.78 is 0. The van der Waals surface area contributed by atoms with Crippen LogP contribution in [0.15, 0.2) is 182 Å². The van der Waals surface area contributed by atoms with Gasteiger partial charge in [-0.25, -0.2) is 9.97 Å². The molecule has 9 rings (SSSR count). The SMILES string of the molecule is c1ccc(-c2cc(-c3ccc(-c4cc(-c5ccccc5)c5cc(-c6ccccc6)c6ccccc6c5n4)cc3)nc3ccccc23)cc1. The molecule has 2 nitrogen and oxygen atoms in total. The topological polar surface area (TPSA) is 25.8 Å². The number of pyridine rings is 2. The molecule has 0 fully saturated rings. The van der Waals surface area contributed by atoms with Gasteiger partial charge in [-0.15, -0.1) is 0 Å². The Bertz CT molecular complexity index is 2570. The molecule has 0 radical (unpaired) electrons. The molecule has 2 heteroatoms. The van der Waals surface area contributed by atoms with Gasteiger partial charge in [0.2, 0.25) is 0 Å². The normalized spacial score (nSPS) is 11.3. The number of hydrogen-bond acceptors (Lipinski definition) is 2. The second-order valence-electron chi connectivity index (χ2n) is 12.2. The lowest BCUT2D eigenvalue weighted by atomic mass is 9.91. The summed E-state index contributed by atoms with van der Waals surface area (Å²) >= 11 is 0. The van der Waals surface area contributed by atoms with Gasteiger partial charge in [0.25, 0.3) is 0 Å². The summed E-state index contributed by atoms with van der Waals surface area (Å²) in [4.78, 5) is 10.5. The number of nitrogens with zero attached hydrogens (tertiary/aromatic N) is 2. The van der Waals surface area contributed by atoms with E-state index < -0.39 is 0 Å². The van der Waals surface area contributed by atoms with Gasteiger partial charge in [0.1, 0.15) is 0 Å². The highest BCUT2D eigenvalue weighted by Crippen LogP contribution is 2.40. The van der Waals surface area contributed by atoms with Crippen LogP contribution < -0.4 is 0 Å². The Hall–Kier alpha value is -6.38. The first kappa shape index (κ1) is 27.9. The van der Waals surface area contributed by atoms with Crippen LogP contribution in [0, 0.1) is 0 Å². The molecule has 2 heterocycles. The number of para-hydroxylation sites is 1. The van der Waals surface area contributed by atoms with Crippen molar-refractivity contribution in [1.29, 1.82) is 0 Å². The predicted molar refractivity (Wildman–Crippen MR) is 202 cm³/mol. The second-order valence-corrected chi connectivity index (χ2v) is 12.2. The van der Waals surface area contributed by atoms with E-state index in [2.05, 4.69) is 182 Å². The molecule has 0 bridgehead atoms. The van der Waals surface area contributed by atoms with Gasteiger partial charge in [0.05, 0.1) is 22.4 Å². The van der Waals surface area contributed by atoms with E-state index >= 15 is 0 Å². The molecule has 9 aromatic rings. The fourth-order valence-corrected chi connectivity index (χ4v) is 6.91. The molecule has 0 spiro atoms. The highest BCUT2D eigenvalue weighted by molar-refractivity contribution is 6.16. The van der Waals surface area contributed by atoms with Crippen LogP contribution in [0.2, 0.25) is 0 Å². The van der Waals surface area contributed by atoms with Crippen LogP contribution in [-0.4, -0.2) is 9.97 Å². The summed E-state index contributed by atoms with van der Waals surface area (Å²) in [6, 6.07) is 64.4. The lowest BCUT2D eigenvalue weighted by molar-refractivity contribution is 1.38. The van der Waals surface area contributed by atoms with Crippen LogP contribution >= 0.6 is 0 Å². The Morgan fingerprint density at radius 1 is 0.271 bits per heavy atom. The molecule has 0 N–H and O–H groups in total. The third kappa shape index (κ3) is 4.92. The zero-order chi connectivity index (χ0) is 31.9. The Labute approximate surface area is 279 Å². The zero-order valence-corrected chi connectivity index (χ0v) is 26.2. The summed E-state index contributed by atoms with van der Waals surface area (Å²) in [6.45, 7) is 0. The molecule has 0 aliphatic rings. The molecular weight excluding hydrogens is 581 g/mol. The third-order valence-electron chi connectivity index (χ3n) is 9.27. The first-order valence-electron chi connectivity index (χ1n) is 16.3. The fraction of sp³-hybridized carbons (Fsp3) is 0. The molecule has 0 saturated heterocycles. The molecule has 48 heavy (non-hydrogen) atoms. The number of hydrogen-bond donors (Lipinski definition) is 0. The van der Waals surface area contributed by atoms with E-state index in [4.69, 9.17) is 9.97 Å². The first-order valence-corrected chi connectivity index (χ1v) is 16.3. The van der Waals surface area contributed by atoms with E-state index in [-0.39, 0.29) is 0 Å². The molecule has 2 aromatic heterocycles. The smallest absolute Gasteiger partial charge is 0.0794 e. The monoisotopic (exact) mass is 610 g/mol. The van der Waals surface area contributed by atoms with Gasteiger partial charge in [0, 0.05) is 27.3 Å². The first-order chi connectivity index (χ1) is 23.8. The van der Waals surface area contributed by atoms with Crippen LogP contribution in [-0.2, 0) is 0 Å². The van der Waals surface area contributed by atoms with Crippen molar-refractivity contribution >= 4 is 32.6 Å². The largest absolute Gasteiger partial charge is 0.248 e. The van der Waals surface area contributed by atoms with E-state index in [1.165, 1.54) is 38.8 Å². The Kier molecular flexibility index (Phi) is 6.84. The maximum Gasteiger partial charge on any atom is 0.0794 e. The van der Waals surface area contributed by atoms with Crippen LogP contribution in [0.4, 0.5) is 0 Å². The third-order valence-corrected chi connectivity index (χ3v) is 9.27. The van der Waals surface area contributed by atoms with Crippen molar-refractivity contribution < 1.29 is 0 Å². The highest BCUT2D eigenvalue weighted by atomic mass is 14.7. The van der Waals surface area contributed by atoms with Gasteiger partial charge < -0.3 is 0 Å². The standard InChI is InChI=1S/C46H30N2/c1-4-14-31(15-5-1)39-28-42-41(33-18-8-3-9-19-33)30-45(48-46(42)38-22-11-10-20-36(38)39)35-26-24-34(25-27-35)44-29-40(32-16-6-2-7-17-32)37-21-12-13-23-43(37)47-44/h1-30H. The maximum atomic E-state index is 5.38. The number of aromatic nitrogens is 2. The van der Waals surface area contributed by atoms with E-state index in [0.717, 1.165) is 49.7 Å². The summed E-state index contributed by atoms with van der Waals surface area (Å²) in [5.74, 6) is 0. The Balaban J connectivity index is 1.21. The minimum Gasteiger partial charge on any atom is -0.248 e. The van der Waals surface area contributed by atoms with Crippen molar-refractivity contribution in [3.8, 4) is 55.9 Å². The van der Waals surface area contributed by atoms with E-state index in [0.29, 0.717) is 0 Å². The van der Waals surface area contributed by atoms with Gasteiger partial charge in [-0.05, 0) is 63.0 Å². The Morgan fingerprint density at radius 2 is 0.688 bits per heavy atom. The zero-order valence-electron chi connectivity index (χ0n) is 26.2. The van der Waals surface area contributed by atoms with Gasteiger partial charge in [0.15, 0.2) is 0 Å². The fourth-order valence-electron chi connectivity index (χ4n) is 6.91. The van der Waals surface area contributed by atoms with Crippen molar-refractivity contribution in [3.05, 3.63) is 182 Å². The van der Waals surface area contributed by atoms with E-state index in [1.807, 2.05) is 0 Å². The van der Waals surface area contributed by atoms with Gasteiger partial charge in [-0.3, -0.25) is 0 Å². The van der Waals surface area contributed by atoms with Crippen molar-refractivity contribution in [3.63, 3.8) is 0 Å². The van der Waals surface area contributed by atoms with Gasteiger partial charge >= 0.3 is 0 Å². The molecule has 0 atom stereocenters. The number of fused-ring (bicyclic) bond motifs is 4. The summed E-state index contributed by atoms with van der Waals surface area (Å²) in [5, 5.41) is 4.65. The molecule has 7 aromatic carbocycles. The maximum absolute atomic E-state index is 5.38. The van der Waals surface area contributed by atoms with Crippen LogP contribution in [0.25, 0.3) is 88.5 Å². The summed E-state index contributed by atoms with van der Waals surface area (Å²) in [5.41, 5.74) is 13.2. The lowest BCUT2D eigenvalue weighted by Gasteiger charge is -2.16. The minimum absolute atomic E-state index is 0.946. The van der Waals surface area contributed by atoms with Gasteiger partial charge in [-0.2, -0.15) is 0 Å². The van der Waals surface area contributed by atoms with Crippen LogP contribution in [0.3, 0.4) is 0 Å². The Morgan fingerprint density at radius 3 is 1.25 bits per heavy atom. The van der Waals surface area contributed by atoms with Crippen molar-refractivity contribution in [2.24, 2.45) is 0 Å². The van der Waals surface area contributed by atoms with Crippen LogP contribution in [0.1, 0.15) is 0 Å². The average molecular weight is 611 g/mol. The van der Waals surface area contributed by atoms with Gasteiger partial charge in [-0.1, -0.05) is 158 Å². The average Bonchev–Trinajstić information content (AvgIpc) is 3.18. The van der Waals surface area contributed by atoms with E-state index in [1.54, 1.807) is 0 Å². The summed E-state index contributed by atoms with van der Waals surface area (Å²) in [6.07, 6.45) is 0. The van der Waals surface area contributed by atoms with Crippen molar-refractivity contribution in [2.45, 2.75) is 0 Å². The van der Waals surface area contributed by atoms with Crippen molar-refractivity contribution in [1.82, 2.24) is 9.97 Å². The molecule has 0 unspecified atom stereocenters. The van der Waals surface area contributed by atoms with E-state index in [9.17, 15) is 0 Å². The molecular formula is C46H30N2. The number of rotatable bonds is 5. The predicted octanol–water partition coefficient (Wildman–Crippen LogP) is 12.3. The summed E-state index contributed by atoms with van der Waals surface area (Å²) in [7, 11) is 0. The highest BCUT2D eigenvalue weighted by Gasteiger charge is 2.16. The van der Waals surface area contributed by atoms with Crippen LogP contribution in [0.5, 0.6) is 0 Å². The van der Waals surface area contributed by atoms with Crippen molar-refractivity contribution in [2.75, 3.05) is 0 Å². The second kappa shape index (κ2) is 11.8. The number of benzene rings is 7. The lowest BCUT2D eigenvalue weighted by Crippen LogP contribution is -1.94. The molecule has 0 aliphatic carbocycles. The molecule has 0 amide bonds.